The fourth-order valence-electron chi connectivity index (χ4n) is 2.24. The molecule has 1 heterocycles. The molecule has 0 fully saturated rings. The van der Waals surface area contributed by atoms with Crippen LogP contribution in [0.15, 0.2) is 22.7 Å². The topological polar surface area (TPSA) is 51.8 Å². The molecule has 0 spiro atoms. The largest absolute Gasteiger partial charge is 0.330 e. The fourth-order valence-corrected chi connectivity index (χ4v) is 2.62. The van der Waals surface area contributed by atoms with Crippen LogP contribution in [0.3, 0.4) is 0 Å². The number of rotatable bonds is 4. The van der Waals surface area contributed by atoms with Crippen LogP contribution < -0.4 is 5.73 Å². The van der Waals surface area contributed by atoms with Crippen molar-refractivity contribution in [2.24, 2.45) is 5.73 Å². The van der Waals surface area contributed by atoms with Crippen molar-refractivity contribution in [3.05, 3.63) is 45.2 Å². The zero-order chi connectivity index (χ0) is 14.7. The molecule has 0 aliphatic heterocycles. The van der Waals surface area contributed by atoms with Gasteiger partial charge in [0.15, 0.2) is 5.82 Å². The molecule has 0 unspecified atom stereocenters. The summed E-state index contributed by atoms with van der Waals surface area (Å²) in [6.45, 7) is 6.87. The monoisotopic (exact) mass is 333 g/mol. The fraction of sp³-hybridized carbons (Fsp3) is 0.375. The van der Waals surface area contributed by atoms with Crippen LogP contribution in [0.2, 0.25) is 0 Å². The molecule has 20 heavy (non-hydrogen) atoms. The van der Waals surface area contributed by atoms with Gasteiger partial charge in [-0.2, -0.15) is 0 Å². The van der Waals surface area contributed by atoms with Gasteiger partial charge in [-0.25, -0.2) is 9.97 Å². The predicted octanol–water partition coefficient (Wildman–Crippen LogP) is 3.72. The Labute approximate surface area is 128 Å². The Morgan fingerprint density at radius 2 is 1.75 bits per heavy atom. The van der Waals surface area contributed by atoms with Crippen molar-refractivity contribution in [1.29, 1.82) is 0 Å². The minimum Gasteiger partial charge on any atom is -0.330 e. The van der Waals surface area contributed by atoms with E-state index >= 15 is 0 Å². The maximum absolute atomic E-state index is 5.58. The van der Waals surface area contributed by atoms with Crippen molar-refractivity contribution in [3.8, 4) is 11.4 Å². The average molecular weight is 334 g/mol. The Hall–Kier alpha value is -1.26. The normalized spacial score (nSPS) is 10.8. The summed E-state index contributed by atoms with van der Waals surface area (Å²) >= 11 is 3.56. The van der Waals surface area contributed by atoms with Gasteiger partial charge in [-0.15, -0.1) is 0 Å². The van der Waals surface area contributed by atoms with Crippen molar-refractivity contribution >= 4 is 15.9 Å². The maximum Gasteiger partial charge on any atom is 0.159 e. The van der Waals surface area contributed by atoms with E-state index in [0.717, 1.165) is 40.1 Å². The van der Waals surface area contributed by atoms with Crippen LogP contribution in [0.25, 0.3) is 11.4 Å². The van der Waals surface area contributed by atoms with Gasteiger partial charge in [0.1, 0.15) is 0 Å². The van der Waals surface area contributed by atoms with Crippen molar-refractivity contribution in [2.75, 3.05) is 6.54 Å². The standard InChI is InChI=1S/C16H20BrN3/c1-10-6-7-13(9-15(10)17)16-19-11(2)14(5-4-8-18)12(3)20-16/h6-7,9H,4-5,8,18H2,1-3H3. The minimum atomic E-state index is 0.700. The molecule has 1 aromatic heterocycles. The molecule has 0 atom stereocenters. The molecular formula is C16H20BrN3. The molecule has 106 valence electrons. The number of nitrogens with two attached hydrogens (primary N) is 1. The first-order valence-electron chi connectivity index (χ1n) is 6.83. The van der Waals surface area contributed by atoms with Crippen LogP contribution >= 0.6 is 15.9 Å². The number of aryl methyl sites for hydroxylation is 3. The van der Waals surface area contributed by atoms with E-state index in [-0.39, 0.29) is 0 Å². The number of hydrogen-bond acceptors (Lipinski definition) is 3. The second-order valence-corrected chi connectivity index (χ2v) is 5.91. The third kappa shape index (κ3) is 3.25. The van der Waals surface area contributed by atoms with Crippen molar-refractivity contribution < 1.29 is 0 Å². The second kappa shape index (κ2) is 6.46. The molecule has 0 saturated heterocycles. The first kappa shape index (κ1) is 15.1. The van der Waals surface area contributed by atoms with Gasteiger partial charge in [-0.05, 0) is 57.4 Å². The lowest BCUT2D eigenvalue weighted by molar-refractivity contribution is 0.806. The quantitative estimate of drug-likeness (QED) is 0.927. The molecule has 0 radical (unpaired) electrons. The predicted molar refractivity (Wildman–Crippen MR) is 86.8 cm³/mol. The summed E-state index contributed by atoms with van der Waals surface area (Å²) in [5.74, 6) is 0.789. The molecular weight excluding hydrogens is 314 g/mol. The van der Waals surface area contributed by atoms with E-state index < -0.39 is 0 Å². The summed E-state index contributed by atoms with van der Waals surface area (Å²) in [7, 11) is 0. The molecule has 0 saturated carbocycles. The Kier molecular flexibility index (Phi) is 4.89. The molecule has 2 N–H and O–H groups in total. The third-order valence-electron chi connectivity index (χ3n) is 3.48. The van der Waals surface area contributed by atoms with Crippen molar-refractivity contribution in [1.82, 2.24) is 9.97 Å². The highest BCUT2D eigenvalue weighted by molar-refractivity contribution is 9.10. The third-order valence-corrected chi connectivity index (χ3v) is 4.34. The number of aromatic nitrogens is 2. The van der Waals surface area contributed by atoms with Crippen LogP contribution in [0, 0.1) is 20.8 Å². The molecule has 3 nitrogen and oxygen atoms in total. The summed E-state index contributed by atoms with van der Waals surface area (Å²) in [5, 5.41) is 0. The van der Waals surface area contributed by atoms with Crippen LogP contribution in [0.5, 0.6) is 0 Å². The first-order valence-corrected chi connectivity index (χ1v) is 7.63. The number of hydrogen-bond donors (Lipinski definition) is 1. The molecule has 0 bridgehead atoms. The molecule has 0 amide bonds. The summed E-state index contributed by atoms with van der Waals surface area (Å²) in [5.41, 5.74) is 11.2. The summed E-state index contributed by atoms with van der Waals surface area (Å²) < 4.78 is 1.08. The van der Waals surface area contributed by atoms with Gasteiger partial charge in [-0.1, -0.05) is 28.1 Å². The van der Waals surface area contributed by atoms with Crippen molar-refractivity contribution in [3.63, 3.8) is 0 Å². The minimum absolute atomic E-state index is 0.700. The molecule has 4 heteroatoms. The Balaban J connectivity index is 2.41. The molecule has 0 aliphatic rings. The van der Waals surface area contributed by atoms with Gasteiger partial charge in [0, 0.05) is 21.4 Å². The van der Waals surface area contributed by atoms with E-state index in [1.165, 1.54) is 11.1 Å². The van der Waals surface area contributed by atoms with E-state index in [2.05, 4.69) is 51.0 Å². The first-order chi connectivity index (χ1) is 9.52. The number of halogens is 1. The highest BCUT2D eigenvalue weighted by Gasteiger charge is 2.10. The number of benzene rings is 1. The molecule has 2 aromatic rings. The maximum atomic E-state index is 5.58. The highest BCUT2D eigenvalue weighted by atomic mass is 79.9. The Bertz CT molecular complexity index is 600. The van der Waals surface area contributed by atoms with Gasteiger partial charge >= 0.3 is 0 Å². The highest BCUT2D eigenvalue weighted by Crippen LogP contribution is 2.25. The van der Waals surface area contributed by atoms with Gasteiger partial charge in [0.25, 0.3) is 0 Å². The van der Waals surface area contributed by atoms with Crippen molar-refractivity contribution in [2.45, 2.75) is 33.6 Å². The second-order valence-electron chi connectivity index (χ2n) is 5.05. The lowest BCUT2D eigenvalue weighted by Crippen LogP contribution is -2.06. The van der Waals surface area contributed by atoms with Crippen LogP contribution in [-0.4, -0.2) is 16.5 Å². The summed E-state index contributed by atoms with van der Waals surface area (Å²) in [4.78, 5) is 9.31. The lowest BCUT2D eigenvalue weighted by atomic mass is 10.1. The van der Waals surface area contributed by atoms with E-state index in [1.807, 2.05) is 13.8 Å². The zero-order valence-electron chi connectivity index (χ0n) is 12.2. The van der Waals surface area contributed by atoms with Gasteiger partial charge in [-0.3, -0.25) is 0 Å². The van der Waals surface area contributed by atoms with Gasteiger partial charge < -0.3 is 5.73 Å². The molecule has 1 aromatic carbocycles. The lowest BCUT2D eigenvalue weighted by Gasteiger charge is -2.11. The van der Waals surface area contributed by atoms with Crippen LogP contribution in [-0.2, 0) is 6.42 Å². The van der Waals surface area contributed by atoms with Gasteiger partial charge in [0.05, 0.1) is 0 Å². The zero-order valence-corrected chi connectivity index (χ0v) is 13.8. The average Bonchev–Trinajstić information content (AvgIpc) is 2.41. The van der Waals surface area contributed by atoms with E-state index in [0.29, 0.717) is 6.54 Å². The molecule has 0 aliphatic carbocycles. The van der Waals surface area contributed by atoms with E-state index in [4.69, 9.17) is 5.73 Å². The Morgan fingerprint density at radius 1 is 1.10 bits per heavy atom. The smallest absolute Gasteiger partial charge is 0.159 e. The SMILES string of the molecule is Cc1ccc(-c2nc(C)c(CCCN)c(C)n2)cc1Br. The van der Waals surface area contributed by atoms with Gasteiger partial charge in [0.2, 0.25) is 0 Å². The van der Waals surface area contributed by atoms with E-state index in [1.54, 1.807) is 0 Å². The van der Waals surface area contributed by atoms with Crippen LogP contribution in [0.4, 0.5) is 0 Å². The van der Waals surface area contributed by atoms with Crippen LogP contribution in [0.1, 0.15) is 28.9 Å². The Morgan fingerprint density at radius 3 is 2.30 bits per heavy atom. The summed E-state index contributed by atoms with van der Waals surface area (Å²) in [6.07, 6.45) is 1.92. The molecule has 2 rings (SSSR count). The number of nitrogens with zero attached hydrogens (tertiary/aromatic N) is 2. The van der Waals surface area contributed by atoms with E-state index in [9.17, 15) is 0 Å². The summed E-state index contributed by atoms with van der Waals surface area (Å²) in [6, 6.07) is 6.22.